The molecule has 0 unspecified atom stereocenters. The molecule has 8 nitrogen and oxygen atoms in total. The first-order valence-corrected chi connectivity index (χ1v) is 14.7. The van der Waals surface area contributed by atoms with Crippen LogP contribution in [-0.2, 0) is 16.2 Å². The number of aryl methyl sites for hydroxylation is 1. The number of carbonyl (C=O) groups excluding carboxylic acids is 3. The van der Waals surface area contributed by atoms with E-state index in [4.69, 9.17) is 9.47 Å². The molecule has 0 bridgehead atoms. The van der Waals surface area contributed by atoms with Gasteiger partial charge in [0.2, 0.25) is 5.91 Å². The third-order valence-corrected chi connectivity index (χ3v) is 8.16. The highest BCUT2D eigenvalue weighted by molar-refractivity contribution is 9.10. The number of rotatable bonds is 9. The van der Waals surface area contributed by atoms with Crippen LogP contribution in [0.1, 0.15) is 22.5 Å². The number of anilines is 1. The lowest BCUT2D eigenvalue weighted by atomic mass is 10.2. The molecule has 2 heterocycles. The molecule has 5 rings (SSSR count). The second-order valence-corrected chi connectivity index (χ2v) is 11.5. The van der Waals surface area contributed by atoms with Crippen molar-refractivity contribution in [3.8, 4) is 17.2 Å². The molecule has 0 radical (unpaired) electrons. The second kappa shape index (κ2) is 12.7. The largest absolute Gasteiger partial charge is 0.497 e. The summed E-state index contributed by atoms with van der Waals surface area (Å²) in [5.41, 5.74) is 5.27. The molecule has 10 heteroatoms. The molecule has 4 aromatic rings. The average Bonchev–Trinajstić information content (AvgIpc) is 3.41. The molecule has 3 amide bonds. The van der Waals surface area contributed by atoms with E-state index in [-0.39, 0.29) is 11.4 Å². The number of hydrogen-bond acceptors (Lipinski definition) is 6. The van der Waals surface area contributed by atoms with Gasteiger partial charge in [-0.25, -0.2) is 0 Å². The minimum atomic E-state index is -0.494. The van der Waals surface area contributed by atoms with Crippen molar-refractivity contribution in [2.45, 2.75) is 20.5 Å². The molecular weight excluding hydrogens is 618 g/mol. The van der Waals surface area contributed by atoms with E-state index < -0.39 is 17.1 Å². The average molecular weight is 647 g/mol. The van der Waals surface area contributed by atoms with Gasteiger partial charge in [0.1, 0.15) is 24.7 Å². The molecule has 1 aliphatic heterocycles. The summed E-state index contributed by atoms with van der Waals surface area (Å²) in [5.74, 6) is 0.453. The Kier molecular flexibility index (Phi) is 8.84. The highest BCUT2D eigenvalue weighted by Gasteiger charge is 2.36. The maximum atomic E-state index is 13.1. The van der Waals surface area contributed by atoms with Crippen molar-refractivity contribution < 1.29 is 23.9 Å². The number of hydrogen-bond donors (Lipinski definition) is 1. The van der Waals surface area contributed by atoms with Crippen molar-refractivity contribution in [2.75, 3.05) is 19.0 Å². The number of ether oxygens (including phenoxy) is 2. The van der Waals surface area contributed by atoms with E-state index >= 15 is 0 Å². The number of aromatic nitrogens is 1. The van der Waals surface area contributed by atoms with Crippen LogP contribution in [0, 0.1) is 13.8 Å². The lowest BCUT2D eigenvalue weighted by Crippen LogP contribution is -2.36. The van der Waals surface area contributed by atoms with Gasteiger partial charge in [0, 0.05) is 27.2 Å². The topological polar surface area (TPSA) is 89.9 Å². The van der Waals surface area contributed by atoms with E-state index in [0.717, 1.165) is 55.1 Å². The lowest BCUT2D eigenvalue weighted by Gasteiger charge is -2.12. The SMILES string of the molecule is COc1ccc(NC(=O)CN2C(=O)S/C(=C/c3cc(C)n(-c4ccc(OCc5ccc(Br)cc5)cc4)c3C)C2=O)cc1. The lowest BCUT2D eigenvalue weighted by molar-refractivity contribution is -0.127. The molecule has 0 atom stereocenters. The Morgan fingerprint density at radius 2 is 1.62 bits per heavy atom. The maximum Gasteiger partial charge on any atom is 0.294 e. The van der Waals surface area contributed by atoms with Gasteiger partial charge in [-0.3, -0.25) is 19.3 Å². The first-order chi connectivity index (χ1) is 20.2. The Morgan fingerprint density at radius 1 is 0.952 bits per heavy atom. The Bertz CT molecular complexity index is 1660. The fourth-order valence-corrected chi connectivity index (χ4v) is 5.66. The molecule has 0 aliphatic carbocycles. The van der Waals surface area contributed by atoms with Crippen LogP contribution in [0.2, 0.25) is 0 Å². The zero-order valence-corrected chi connectivity index (χ0v) is 25.6. The smallest absolute Gasteiger partial charge is 0.294 e. The molecule has 1 aliphatic rings. The standard InChI is InChI=1S/C32H28BrN3O5S/c1-20-16-23(21(2)36(20)26-10-14-28(15-11-26)41-19-22-4-6-24(33)7-5-22)17-29-31(38)35(32(39)42-29)18-30(37)34-25-8-12-27(40-3)13-9-25/h4-17H,18-19H2,1-3H3,(H,34,37)/b29-17+. The van der Waals surface area contributed by atoms with Crippen LogP contribution in [0.4, 0.5) is 10.5 Å². The van der Waals surface area contributed by atoms with Crippen molar-refractivity contribution in [2.24, 2.45) is 0 Å². The number of amides is 3. The Hall–Kier alpha value is -4.28. The number of nitrogens with one attached hydrogen (secondary N) is 1. The Labute approximate surface area is 256 Å². The minimum absolute atomic E-state index is 0.272. The summed E-state index contributed by atoms with van der Waals surface area (Å²) in [6.07, 6.45) is 1.71. The zero-order valence-electron chi connectivity index (χ0n) is 23.2. The number of nitrogens with zero attached hydrogens (tertiary/aromatic N) is 2. The van der Waals surface area contributed by atoms with Gasteiger partial charge >= 0.3 is 0 Å². The molecule has 0 spiro atoms. The highest BCUT2D eigenvalue weighted by Crippen LogP contribution is 2.34. The van der Waals surface area contributed by atoms with Gasteiger partial charge in [0.05, 0.1) is 12.0 Å². The van der Waals surface area contributed by atoms with Gasteiger partial charge in [-0.1, -0.05) is 28.1 Å². The Balaban J connectivity index is 1.25. The van der Waals surface area contributed by atoms with Crippen LogP contribution in [-0.4, -0.2) is 40.2 Å². The van der Waals surface area contributed by atoms with Gasteiger partial charge in [-0.2, -0.15) is 0 Å². The third-order valence-electron chi connectivity index (χ3n) is 6.72. The minimum Gasteiger partial charge on any atom is -0.497 e. The normalized spacial score (nSPS) is 14.0. The summed E-state index contributed by atoms with van der Waals surface area (Å²) in [5, 5.41) is 2.22. The highest BCUT2D eigenvalue weighted by atomic mass is 79.9. The van der Waals surface area contributed by atoms with Gasteiger partial charge in [0.15, 0.2) is 0 Å². The summed E-state index contributed by atoms with van der Waals surface area (Å²) in [4.78, 5) is 39.5. The van der Waals surface area contributed by atoms with Gasteiger partial charge in [0.25, 0.3) is 11.1 Å². The number of halogens is 1. The number of imide groups is 1. The second-order valence-electron chi connectivity index (χ2n) is 9.62. The molecule has 42 heavy (non-hydrogen) atoms. The molecule has 214 valence electrons. The van der Waals surface area contributed by atoms with E-state index in [1.807, 2.05) is 68.4 Å². The Morgan fingerprint density at radius 3 is 2.29 bits per heavy atom. The van der Waals surface area contributed by atoms with Crippen LogP contribution in [0.3, 0.4) is 0 Å². The summed E-state index contributed by atoms with van der Waals surface area (Å²) < 4.78 is 14.2. The molecule has 1 aromatic heterocycles. The molecular formula is C32H28BrN3O5S. The molecule has 1 saturated heterocycles. The van der Waals surface area contributed by atoms with E-state index in [1.54, 1.807) is 37.5 Å². The molecule has 3 aromatic carbocycles. The summed E-state index contributed by atoms with van der Waals surface area (Å²) >= 11 is 4.27. The number of benzene rings is 3. The van der Waals surface area contributed by atoms with Crippen LogP contribution >= 0.6 is 27.7 Å². The summed E-state index contributed by atoms with van der Waals surface area (Å²) in [6, 6.07) is 24.6. The van der Waals surface area contributed by atoms with Gasteiger partial charge in [-0.15, -0.1) is 0 Å². The molecule has 1 N–H and O–H groups in total. The van der Waals surface area contributed by atoms with Crippen LogP contribution in [0.25, 0.3) is 11.8 Å². The molecule has 0 saturated carbocycles. The van der Waals surface area contributed by atoms with Crippen molar-refractivity contribution in [1.82, 2.24) is 9.47 Å². The maximum absolute atomic E-state index is 13.1. The van der Waals surface area contributed by atoms with E-state index in [9.17, 15) is 14.4 Å². The number of carbonyl (C=O) groups is 3. The van der Waals surface area contributed by atoms with Crippen LogP contribution in [0.15, 0.2) is 88.2 Å². The van der Waals surface area contributed by atoms with Crippen molar-refractivity contribution in [1.29, 1.82) is 0 Å². The predicted octanol–water partition coefficient (Wildman–Crippen LogP) is 7.12. The van der Waals surface area contributed by atoms with Crippen molar-refractivity contribution in [3.63, 3.8) is 0 Å². The number of methoxy groups -OCH3 is 1. The van der Waals surface area contributed by atoms with E-state index in [0.29, 0.717) is 18.0 Å². The van der Waals surface area contributed by atoms with Gasteiger partial charge in [-0.05, 0) is 110 Å². The fraction of sp³-hybridized carbons (Fsp3) is 0.156. The zero-order chi connectivity index (χ0) is 29.8. The first-order valence-electron chi connectivity index (χ1n) is 13.1. The van der Waals surface area contributed by atoms with Crippen molar-refractivity contribution >= 4 is 56.5 Å². The van der Waals surface area contributed by atoms with Crippen molar-refractivity contribution in [3.05, 3.63) is 111 Å². The van der Waals surface area contributed by atoms with Crippen LogP contribution in [0.5, 0.6) is 11.5 Å². The van der Waals surface area contributed by atoms with Crippen LogP contribution < -0.4 is 14.8 Å². The summed E-state index contributed by atoms with van der Waals surface area (Å²) in [7, 11) is 1.55. The summed E-state index contributed by atoms with van der Waals surface area (Å²) in [6.45, 7) is 4.04. The predicted molar refractivity (Wildman–Crippen MR) is 168 cm³/mol. The first kappa shape index (κ1) is 29.2. The van der Waals surface area contributed by atoms with E-state index in [2.05, 4.69) is 25.8 Å². The third kappa shape index (κ3) is 6.61. The van der Waals surface area contributed by atoms with Gasteiger partial charge < -0.3 is 19.4 Å². The number of thioether (sulfide) groups is 1. The monoisotopic (exact) mass is 645 g/mol. The molecule has 1 fully saturated rings. The fourth-order valence-electron chi connectivity index (χ4n) is 4.57. The van der Waals surface area contributed by atoms with E-state index in [1.165, 1.54) is 0 Å². The quantitative estimate of drug-likeness (QED) is 0.195.